The second kappa shape index (κ2) is 7.50. The molecule has 27 heavy (non-hydrogen) atoms. The number of nitrogens with zero attached hydrogens (tertiary/aromatic N) is 3. The highest BCUT2D eigenvalue weighted by atomic mass is 32.2. The number of para-hydroxylation sites is 1. The van der Waals surface area contributed by atoms with Crippen molar-refractivity contribution in [2.24, 2.45) is 7.05 Å². The molecule has 0 unspecified atom stereocenters. The van der Waals surface area contributed by atoms with E-state index >= 15 is 0 Å². The maximum Gasteiger partial charge on any atom is 0.234 e. The molecule has 0 aliphatic carbocycles. The Morgan fingerprint density at radius 3 is 2.81 bits per heavy atom. The summed E-state index contributed by atoms with van der Waals surface area (Å²) >= 11 is 2.92. The summed E-state index contributed by atoms with van der Waals surface area (Å²) in [5.41, 5.74) is 1.19. The van der Waals surface area contributed by atoms with Crippen molar-refractivity contribution in [3.05, 3.63) is 59.7 Å². The fourth-order valence-electron chi connectivity index (χ4n) is 2.71. The van der Waals surface area contributed by atoms with E-state index in [-0.39, 0.29) is 17.3 Å². The number of carbonyl (C=O) groups excluding carboxylic acids is 1. The number of carbonyl (C=O) groups is 1. The number of fused-ring (bicyclic) bond motifs is 1. The van der Waals surface area contributed by atoms with Gasteiger partial charge in [0.05, 0.1) is 11.4 Å². The van der Waals surface area contributed by atoms with Gasteiger partial charge in [0.1, 0.15) is 5.82 Å². The van der Waals surface area contributed by atoms with Gasteiger partial charge in [-0.25, -0.2) is 4.39 Å². The molecular weight excluding hydrogens is 383 g/mol. The molecule has 0 fully saturated rings. The molecule has 4 rings (SSSR count). The number of nitrogens with one attached hydrogen (secondary N) is 1. The quantitative estimate of drug-likeness (QED) is 0.501. The van der Waals surface area contributed by atoms with Crippen LogP contribution in [-0.2, 0) is 11.8 Å². The topological polar surface area (TPSA) is 59.8 Å². The maximum absolute atomic E-state index is 13.6. The number of thiophene rings is 1. The van der Waals surface area contributed by atoms with Crippen LogP contribution in [-0.4, -0.2) is 26.4 Å². The SMILES string of the molecule is Cn1c(SCC(=O)Nc2ccccc2F)nnc1-c1csc2ccccc12. The molecule has 2 heterocycles. The molecule has 8 heteroatoms. The second-order valence-electron chi connectivity index (χ2n) is 5.83. The fourth-order valence-corrected chi connectivity index (χ4v) is 4.36. The lowest BCUT2D eigenvalue weighted by Gasteiger charge is -2.06. The van der Waals surface area contributed by atoms with Crippen LogP contribution < -0.4 is 5.32 Å². The van der Waals surface area contributed by atoms with Crippen molar-refractivity contribution in [3.8, 4) is 11.4 Å². The van der Waals surface area contributed by atoms with Gasteiger partial charge in [0.25, 0.3) is 0 Å². The molecule has 0 radical (unpaired) electrons. The van der Waals surface area contributed by atoms with Crippen LogP contribution in [0.4, 0.5) is 10.1 Å². The van der Waals surface area contributed by atoms with Gasteiger partial charge in [0.15, 0.2) is 11.0 Å². The standard InChI is InChI=1S/C19H15FN4OS2/c1-24-18(13-10-26-16-9-5-2-6-12(13)16)22-23-19(24)27-11-17(25)21-15-8-4-3-7-14(15)20/h2-10H,11H2,1H3,(H,21,25). The minimum Gasteiger partial charge on any atom is -0.323 e. The maximum atomic E-state index is 13.6. The number of hydrogen-bond donors (Lipinski definition) is 1. The summed E-state index contributed by atoms with van der Waals surface area (Å²) in [5, 5.41) is 14.9. The number of rotatable bonds is 5. The van der Waals surface area contributed by atoms with Gasteiger partial charge in [0, 0.05) is 28.1 Å². The molecule has 1 N–H and O–H groups in total. The third-order valence-electron chi connectivity index (χ3n) is 4.04. The Morgan fingerprint density at radius 1 is 1.19 bits per heavy atom. The van der Waals surface area contributed by atoms with Crippen molar-refractivity contribution in [1.82, 2.24) is 14.8 Å². The number of benzene rings is 2. The summed E-state index contributed by atoms with van der Waals surface area (Å²) in [4.78, 5) is 12.1. The Bertz CT molecular complexity index is 1120. The third kappa shape index (κ3) is 3.58. The first-order valence-corrected chi connectivity index (χ1v) is 10.0. The average Bonchev–Trinajstić information content (AvgIpc) is 3.25. The van der Waals surface area contributed by atoms with E-state index in [0.717, 1.165) is 16.8 Å². The van der Waals surface area contributed by atoms with Gasteiger partial charge in [-0.1, -0.05) is 42.1 Å². The Kier molecular flexibility index (Phi) is 4.91. The molecule has 5 nitrogen and oxygen atoms in total. The van der Waals surface area contributed by atoms with Crippen molar-refractivity contribution in [2.75, 3.05) is 11.1 Å². The monoisotopic (exact) mass is 398 g/mol. The van der Waals surface area contributed by atoms with Crippen molar-refractivity contribution in [1.29, 1.82) is 0 Å². The smallest absolute Gasteiger partial charge is 0.234 e. The van der Waals surface area contributed by atoms with Crippen molar-refractivity contribution >= 4 is 44.8 Å². The van der Waals surface area contributed by atoms with Gasteiger partial charge in [0.2, 0.25) is 5.91 Å². The van der Waals surface area contributed by atoms with E-state index in [1.54, 1.807) is 23.5 Å². The molecule has 1 amide bonds. The van der Waals surface area contributed by atoms with E-state index in [0.29, 0.717) is 5.16 Å². The van der Waals surface area contributed by atoms with Gasteiger partial charge in [-0.2, -0.15) is 0 Å². The highest BCUT2D eigenvalue weighted by molar-refractivity contribution is 7.99. The second-order valence-corrected chi connectivity index (χ2v) is 7.68. The van der Waals surface area contributed by atoms with Crippen LogP contribution in [0.2, 0.25) is 0 Å². The van der Waals surface area contributed by atoms with Crippen LogP contribution in [0.15, 0.2) is 59.1 Å². The predicted octanol–water partition coefficient (Wildman–Crippen LogP) is 4.57. The lowest BCUT2D eigenvalue weighted by molar-refractivity contribution is -0.113. The molecule has 0 atom stereocenters. The summed E-state index contributed by atoms with van der Waals surface area (Å²) < 4.78 is 16.7. The van der Waals surface area contributed by atoms with Gasteiger partial charge in [-0.3, -0.25) is 4.79 Å². The Balaban J connectivity index is 1.48. The zero-order chi connectivity index (χ0) is 18.8. The number of thioether (sulfide) groups is 1. The molecular formula is C19H15FN4OS2. The predicted molar refractivity (Wildman–Crippen MR) is 108 cm³/mol. The Hall–Kier alpha value is -2.71. The summed E-state index contributed by atoms with van der Waals surface area (Å²) in [7, 11) is 1.87. The number of amides is 1. The number of anilines is 1. The Morgan fingerprint density at radius 2 is 1.96 bits per heavy atom. The van der Waals surface area contributed by atoms with Crippen LogP contribution in [0, 0.1) is 5.82 Å². The highest BCUT2D eigenvalue weighted by Gasteiger charge is 2.16. The van der Waals surface area contributed by atoms with Crippen molar-refractivity contribution in [2.45, 2.75) is 5.16 Å². The number of hydrogen-bond acceptors (Lipinski definition) is 5. The van der Waals surface area contributed by atoms with E-state index in [4.69, 9.17) is 0 Å². The summed E-state index contributed by atoms with van der Waals surface area (Å²) in [6, 6.07) is 14.2. The molecule has 4 aromatic rings. The molecule has 0 spiro atoms. The first-order chi connectivity index (χ1) is 13.1. The lowest BCUT2D eigenvalue weighted by atomic mass is 10.2. The van der Waals surface area contributed by atoms with E-state index in [1.165, 1.54) is 28.6 Å². The molecule has 0 saturated carbocycles. The zero-order valence-electron chi connectivity index (χ0n) is 14.3. The van der Waals surface area contributed by atoms with Gasteiger partial charge < -0.3 is 9.88 Å². The lowest BCUT2D eigenvalue weighted by Crippen LogP contribution is -2.15. The third-order valence-corrected chi connectivity index (χ3v) is 6.02. The van der Waals surface area contributed by atoms with Crippen LogP contribution in [0.25, 0.3) is 21.5 Å². The number of aromatic nitrogens is 3. The van der Waals surface area contributed by atoms with Gasteiger partial charge >= 0.3 is 0 Å². The molecule has 0 aliphatic heterocycles. The molecule has 2 aromatic carbocycles. The fraction of sp³-hybridized carbons (Fsp3) is 0.105. The molecule has 0 bridgehead atoms. The summed E-state index contributed by atoms with van der Waals surface area (Å²) in [5.74, 6) is 0.117. The zero-order valence-corrected chi connectivity index (χ0v) is 16.0. The van der Waals surface area contributed by atoms with Gasteiger partial charge in [-0.15, -0.1) is 21.5 Å². The van der Waals surface area contributed by atoms with E-state index in [2.05, 4.69) is 33.0 Å². The van der Waals surface area contributed by atoms with Crippen LogP contribution in [0.5, 0.6) is 0 Å². The first kappa shape index (κ1) is 17.7. The molecule has 2 aromatic heterocycles. The minimum atomic E-state index is -0.457. The molecule has 0 aliphatic rings. The largest absolute Gasteiger partial charge is 0.323 e. The van der Waals surface area contributed by atoms with Crippen LogP contribution in [0.1, 0.15) is 0 Å². The van der Waals surface area contributed by atoms with Crippen LogP contribution in [0.3, 0.4) is 0 Å². The normalized spacial score (nSPS) is 11.0. The van der Waals surface area contributed by atoms with Gasteiger partial charge in [-0.05, 0) is 18.2 Å². The van der Waals surface area contributed by atoms with Crippen molar-refractivity contribution in [3.63, 3.8) is 0 Å². The molecule has 136 valence electrons. The number of halogens is 1. The highest BCUT2D eigenvalue weighted by Crippen LogP contribution is 2.33. The van der Waals surface area contributed by atoms with E-state index in [1.807, 2.05) is 23.7 Å². The molecule has 0 saturated heterocycles. The van der Waals surface area contributed by atoms with Crippen LogP contribution >= 0.6 is 23.1 Å². The minimum absolute atomic E-state index is 0.116. The first-order valence-electron chi connectivity index (χ1n) is 8.16. The van der Waals surface area contributed by atoms with E-state index in [9.17, 15) is 9.18 Å². The van der Waals surface area contributed by atoms with E-state index < -0.39 is 5.82 Å². The average molecular weight is 398 g/mol. The summed E-state index contributed by atoms with van der Waals surface area (Å²) in [6.45, 7) is 0. The van der Waals surface area contributed by atoms with Crippen molar-refractivity contribution < 1.29 is 9.18 Å². The Labute approximate surface area is 163 Å². The summed E-state index contributed by atoms with van der Waals surface area (Å²) in [6.07, 6.45) is 0.